The van der Waals surface area contributed by atoms with Gasteiger partial charge in [0, 0.05) is 17.5 Å². The molecule has 1 rings (SSSR count). The molecule has 0 heterocycles. The Morgan fingerprint density at radius 3 is 2.38 bits per heavy atom. The number of ether oxygens (including phenoxy) is 1. The third-order valence-corrected chi connectivity index (χ3v) is 2.50. The highest BCUT2D eigenvalue weighted by molar-refractivity contribution is 6.61. The molecule has 0 saturated heterocycles. The van der Waals surface area contributed by atoms with E-state index in [0.717, 1.165) is 25.7 Å². The average molecular weight is 205 g/mol. The van der Waals surface area contributed by atoms with Gasteiger partial charge in [0.15, 0.2) is 12.4 Å². The van der Waals surface area contributed by atoms with E-state index < -0.39 is 5.43 Å². The van der Waals surface area contributed by atoms with Crippen molar-refractivity contribution in [1.29, 1.82) is 0 Å². The molecule has 0 atom stereocenters. The first kappa shape index (κ1) is 10.5. The van der Waals surface area contributed by atoms with Crippen LogP contribution in [-0.4, -0.2) is 17.8 Å². The van der Waals surface area contributed by atoms with Gasteiger partial charge in [0.1, 0.15) is 0 Å². The molecular formula is C9H13ClO3. The van der Waals surface area contributed by atoms with Gasteiger partial charge in [-0.05, 0) is 12.8 Å². The van der Waals surface area contributed by atoms with Crippen LogP contribution in [0.25, 0.3) is 0 Å². The number of Topliss-reactive ketones (excluding diaryl/α,β-unsaturated/α-hetero) is 1. The summed E-state index contributed by atoms with van der Waals surface area (Å²) in [4.78, 5) is 21.6. The molecule has 3 nitrogen and oxygen atoms in total. The van der Waals surface area contributed by atoms with E-state index in [1.165, 1.54) is 6.42 Å². The molecular weight excluding hydrogens is 192 g/mol. The quantitative estimate of drug-likeness (QED) is 0.664. The van der Waals surface area contributed by atoms with Crippen LogP contribution in [0.2, 0.25) is 0 Å². The molecule has 0 radical (unpaired) electrons. The Hall–Kier alpha value is -0.570. The molecule has 1 saturated carbocycles. The molecule has 13 heavy (non-hydrogen) atoms. The molecule has 1 aliphatic carbocycles. The van der Waals surface area contributed by atoms with Crippen LogP contribution >= 0.6 is 11.6 Å². The summed E-state index contributed by atoms with van der Waals surface area (Å²) < 4.78 is 4.43. The van der Waals surface area contributed by atoms with Gasteiger partial charge in [0.25, 0.3) is 0 Å². The lowest BCUT2D eigenvalue weighted by atomic mass is 9.86. The van der Waals surface area contributed by atoms with Gasteiger partial charge in [0.05, 0.1) is 0 Å². The lowest BCUT2D eigenvalue weighted by Crippen LogP contribution is -2.22. The lowest BCUT2D eigenvalue weighted by Gasteiger charge is -2.19. The molecule has 0 aliphatic heterocycles. The zero-order valence-electron chi connectivity index (χ0n) is 7.42. The van der Waals surface area contributed by atoms with E-state index >= 15 is 0 Å². The predicted molar refractivity (Wildman–Crippen MR) is 48.8 cm³/mol. The van der Waals surface area contributed by atoms with E-state index in [9.17, 15) is 9.59 Å². The third kappa shape index (κ3) is 3.77. The van der Waals surface area contributed by atoms with Crippen molar-refractivity contribution in [2.24, 2.45) is 5.92 Å². The first-order valence-electron chi connectivity index (χ1n) is 4.55. The molecule has 0 amide bonds. The number of carbonyl (C=O) groups is 2. The summed E-state index contributed by atoms with van der Waals surface area (Å²) in [6.45, 7) is -0.160. The molecule has 1 fully saturated rings. The summed E-state index contributed by atoms with van der Waals surface area (Å²) in [7, 11) is 0. The van der Waals surface area contributed by atoms with Gasteiger partial charge in [-0.15, -0.1) is 0 Å². The molecule has 0 bridgehead atoms. The minimum absolute atomic E-state index is 0.00806. The topological polar surface area (TPSA) is 43.4 Å². The summed E-state index contributed by atoms with van der Waals surface area (Å²) in [6.07, 6.45) is 5.27. The van der Waals surface area contributed by atoms with Gasteiger partial charge in [0.2, 0.25) is 0 Å². The van der Waals surface area contributed by atoms with Crippen molar-refractivity contribution in [3.8, 4) is 0 Å². The van der Waals surface area contributed by atoms with E-state index in [1.807, 2.05) is 0 Å². The highest BCUT2D eigenvalue weighted by atomic mass is 35.5. The Labute approximate surface area is 82.4 Å². The Bertz CT molecular complexity index is 197. The Kier molecular flexibility index (Phi) is 4.22. The van der Waals surface area contributed by atoms with Gasteiger partial charge >= 0.3 is 5.43 Å². The average Bonchev–Trinajstić information content (AvgIpc) is 2.15. The van der Waals surface area contributed by atoms with Gasteiger partial charge in [-0.25, -0.2) is 4.79 Å². The molecule has 4 heteroatoms. The first-order chi connectivity index (χ1) is 6.20. The van der Waals surface area contributed by atoms with Crippen LogP contribution in [0, 0.1) is 5.92 Å². The zero-order chi connectivity index (χ0) is 9.68. The zero-order valence-corrected chi connectivity index (χ0v) is 8.18. The van der Waals surface area contributed by atoms with Gasteiger partial charge in [-0.1, -0.05) is 19.3 Å². The van der Waals surface area contributed by atoms with E-state index in [1.54, 1.807) is 0 Å². The fourth-order valence-electron chi connectivity index (χ4n) is 1.67. The predicted octanol–water partition coefficient (Wildman–Crippen LogP) is 2.51. The monoisotopic (exact) mass is 204 g/mol. The smallest absolute Gasteiger partial charge is 0.404 e. The van der Waals surface area contributed by atoms with Gasteiger partial charge < -0.3 is 4.74 Å². The fraction of sp³-hybridized carbons (Fsp3) is 0.778. The highest BCUT2D eigenvalue weighted by Crippen LogP contribution is 2.24. The molecule has 74 valence electrons. The second-order valence-corrected chi connectivity index (χ2v) is 3.64. The van der Waals surface area contributed by atoms with Crippen molar-refractivity contribution < 1.29 is 14.3 Å². The van der Waals surface area contributed by atoms with Crippen molar-refractivity contribution in [2.45, 2.75) is 32.1 Å². The lowest BCUT2D eigenvalue weighted by molar-refractivity contribution is -0.126. The number of hydrogen-bond donors (Lipinski definition) is 0. The molecule has 0 aromatic heterocycles. The minimum atomic E-state index is -0.899. The van der Waals surface area contributed by atoms with Crippen molar-refractivity contribution in [2.75, 3.05) is 6.61 Å². The number of ketones is 1. The van der Waals surface area contributed by atoms with Crippen LogP contribution in [0.5, 0.6) is 0 Å². The Balaban J connectivity index is 2.25. The van der Waals surface area contributed by atoms with Crippen LogP contribution < -0.4 is 0 Å². The van der Waals surface area contributed by atoms with Crippen molar-refractivity contribution in [3.05, 3.63) is 0 Å². The summed E-state index contributed by atoms with van der Waals surface area (Å²) in [5, 5.41) is 0. The van der Waals surface area contributed by atoms with Crippen LogP contribution in [0.3, 0.4) is 0 Å². The van der Waals surface area contributed by atoms with Crippen molar-refractivity contribution in [1.82, 2.24) is 0 Å². The standard InChI is InChI=1S/C9H13ClO3/c10-9(12)13-6-8(11)7-4-2-1-3-5-7/h7H,1-6H2. The molecule has 0 unspecified atom stereocenters. The maximum absolute atomic E-state index is 11.4. The van der Waals surface area contributed by atoms with E-state index in [2.05, 4.69) is 4.74 Å². The maximum Gasteiger partial charge on any atom is 0.404 e. The maximum atomic E-state index is 11.4. The van der Waals surface area contributed by atoms with E-state index in [4.69, 9.17) is 11.6 Å². The van der Waals surface area contributed by atoms with Crippen LogP contribution in [0.4, 0.5) is 4.79 Å². The summed E-state index contributed by atoms with van der Waals surface area (Å²) in [5.74, 6) is 0.0958. The summed E-state index contributed by atoms with van der Waals surface area (Å²) in [6, 6.07) is 0. The number of hydrogen-bond acceptors (Lipinski definition) is 3. The Morgan fingerprint density at radius 1 is 1.23 bits per heavy atom. The van der Waals surface area contributed by atoms with Gasteiger partial charge in [-0.3, -0.25) is 4.79 Å². The second kappa shape index (κ2) is 5.22. The first-order valence-corrected chi connectivity index (χ1v) is 4.93. The molecule has 1 aliphatic rings. The molecule has 0 aromatic carbocycles. The SMILES string of the molecule is O=C(Cl)OCC(=O)C1CCCCC1. The number of halogens is 1. The molecule has 0 N–H and O–H groups in total. The Morgan fingerprint density at radius 2 is 1.85 bits per heavy atom. The van der Waals surface area contributed by atoms with Crippen LogP contribution in [0.15, 0.2) is 0 Å². The highest BCUT2D eigenvalue weighted by Gasteiger charge is 2.21. The number of carbonyl (C=O) groups excluding carboxylic acids is 2. The van der Waals surface area contributed by atoms with Crippen molar-refractivity contribution >= 4 is 22.8 Å². The largest absolute Gasteiger partial charge is 0.446 e. The summed E-state index contributed by atoms with van der Waals surface area (Å²) in [5.41, 5.74) is -0.899. The fourth-order valence-corrected chi connectivity index (χ4v) is 1.72. The van der Waals surface area contributed by atoms with Crippen LogP contribution in [0.1, 0.15) is 32.1 Å². The van der Waals surface area contributed by atoms with Crippen molar-refractivity contribution in [3.63, 3.8) is 0 Å². The third-order valence-electron chi connectivity index (χ3n) is 2.39. The minimum Gasteiger partial charge on any atom is -0.446 e. The van der Waals surface area contributed by atoms with Crippen LogP contribution in [-0.2, 0) is 9.53 Å². The van der Waals surface area contributed by atoms with E-state index in [-0.39, 0.29) is 18.3 Å². The second-order valence-electron chi connectivity index (χ2n) is 3.33. The normalized spacial score (nSPS) is 18.2. The van der Waals surface area contributed by atoms with Gasteiger partial charge in [-0.2, -0.15) is 0 Å². The molecule has 0 spiro atoms. The summed E-state index contributed by atoms with van der Waals surface area (Å²) >= 11 is 4.95. The molecule has 0 aromatic rings. The van der Waals surface area contributed by atoms with E-state index in [0.29, 0.717) is 0 Å². The number of rotatable bonds is 3.